The van der Waals surface area contributed by atoms with E-state index in [1.165, 1.54) is 6.42 Å². The molecule has 21 heavy (non-hydrogen) atoms. The summed E-state index contributed by atoms with van der Waals surface area (Å²) in [5.74, 6) is 0.850. The number of rotatable bonds is 4. The Morgan fingerprint density at radius 3 is 2.52 bits per heavy atom. The summed E-state index contributed by atoms with van der Waals surface area (Å²) in [6.45, 7) is 11.1. The number of piperazine rings is 1. The summed E-state index contributed by atoms with van der Waals surface area (Å²) in [4.78, 5) is 17.0. The molecule has 2 N–H and O–H groups in total. The number of anilines is 1. The Kier molecular flexibility index (Phi) is 5.23. The van der Waals surface area contributed by atoms with Gasteiger partial charge in [0.05, 0.1) is 0 Å². The number of benzene rings is 1. The first-order chi connectivity index (χ1) is 9.99. The van der Waals surface area contributed by atoms with Crippen LogP contribution in [0.3, 0.4) is 0 Å². The van der Waals surface area contributed by atoms with Crippen molar-refractivity contribution >= 4 is 11.6 Å². The molecule has 0 saturated carbocycles. The molecule has 0 bridgehead atoms. The molecular formula is C17H27N3O. The van der Waals surface area contributed by atoms with E-state index in [1.54, 1.807) is 0 Å². The number of carbonyl (C=O) groups is 1. The minimum atomic E-state index is 0.114. The quantitative estimate of drug-likeness (QED) is 0.866. The van der Waals surface area contributed by atoms with Gasteiger partial charge in [-0.15, -0.1) is 0 Å². The second kappa shape index (κ2) is 6.94. The van der Waals surface area contributed by atoms with E-state index in [1.807, 2.05) is 30.0 Å². The molecule has 0 aromatic heterocycles. The van der Waals surface area contributed by atoms with Crippen LogP contribution in [0.25, 0.3) is 0 Å². The Hall–Kier alpha value is -1.55. The van der Waals surface area contributed by atoms with Crippen LogP contribution in [0, 0.1) is 12.8 Å². The van der Waals surface area contributed by atoms with Gasteiger partial charge in [-0.2, -0.15) is 0 Å². The van der Waals surface area contributed by atoms with Gasteiger partial charge in [-0.05, 0) is 43.5 Å². The zero-order chi connectivity index (χ0) is 15.4. The first kappa shape index (κ1) is 15.8. The molecule has 4 heteroatoms. The molecule has 1 amide bonds. The van der Waals surface area contributed by atoms with Crippen LogP contribution in [0.4, 0.5) is 5.69 Å². The number of hydrogen-bond acceptors (Lipinski definition) is 3. The second-order valence-electron chi connectivity index (χ2n) is 6.34. The van der Waals surface area contributed by atoms with Gasteiger partial charge in [-0.3, -0.25) is 9.69 Å². The molecule has 1 aliphatic heterocycles. The summed E-state index contributed by atoms with van der Waals surface area (Å²) in [7, 11) is 0. The van der Waals surface area contributed by atoms with Crippen molar-refractivity contribution < 1.29 is 4.79 Å². The number of nitrogen functional groups attached to an aromatic ring is 1. The van der Waals surface area contributed by atoms with E-state index in [9.17, 15) is 4.79 Å². The van der Waals surface area contributed by atoms with Crippen LogP contribution in [0.5, 0.6) is 0 Å². The molecule has 1 aromatic carbocycles. The lowest BCUT2D eigenvalue weighted by Gasteiger charge is -2.35. The van der Waals surface area contributed by atoms with Crippen LogP contribution in [0.1, 0.15) is 36.2 Å². The molecule has 0 atom stereocenters. The number of nitrogens with two attached hydrogens (primary N) is 1. The van der Waals surface area contributed by atoms with Crippen molar-refractivity contribution in [3.05, 3.63) is 29.3 Å². The van der Waals surface area contributed by atoms with Gasteiger partial charge in [0.2, 0.25) is 0 Å². The largest absolute Gasteiger partial charge is 0.398 e. The summed E-state index contributed by atoms with van der Waals surface area (Å²) < 4.78 is 0. The smallest absolute Gasteiger partial charge is 0.254 e. The van der Waals surface area contributed by atoms with Crippen LogP contribution < -0.4 is 5.73 Å². The van der Waals surface area contributed by atoms with Crippen molar-refractivity contribution in [2.75, 3.05) is 38.5 Å². The Labute approximate surface area is 127 Å². The fourth-order valence-electron chi connectivity index (χ4n) is 2.67. The average Bonchev–Trinajstić information content (AvgIpc) is 2.48. The maximum Gasteiger partial charge on any atom is 0.254 e. The molecule has 0 radical (unpaired) electrons. The van der Waals surface area contributed by atoms with Gasteiger partial charge in [0.1, 0.15) is 0 Å². The molecule has 4 nitrogen and oxygen atoms in total. The highest BCUT2D eigenvalue weighted by Crippen LogP contribution is 2.18. The van der Waals surface area contributed by atoms with Crippen molar-refractivity contribution in [2.24, 2.45) is 5.92 Å². The summed E-state index contributed by atoms with van der Waals surface area (Å²) in [5.41, 5.74) is 8.22. The predicted molar refractivity (Wildman–Crippen MR) is 87.4 cm³/mol. The Morgan fingerprint density at radius 2 is 1.90 bits per heavy atom. The molecule has 2 rings (SSSR count). The third-order valence-electron chi connectivity index (χ3n) is 4.29. The second-order valence-corrected chi connectivity index (χ2v) is 6.34. The van der Waals surface area contributed by atoms with Crippen LogP contribution in [-0.4, -0.2) is 48.4 Å². The van der Waals surface area contributed by atoms with Crippen molar-refractivity contribution in [2.45, 2.75) is 27.2 Å². The van der Waals surface area contributed by atoms with Gasteiger partial charge in [0.25, 0.3) is 5.91 Å². The lowest BCUT2D eigenvalue weighted by atomic mass is 10.1. The van der Waals surface area contributed by atoms with E-state index in [0.717, 1.165) is 49.8 Å². The van der Waals surface area contributed by atoms with Gasteiger partial charge in [0.15, 0.2) is 0 Å². The molecule has 1 fully saturated rings. The Balaban J connectivity index is 1.93. The van der Waals surface area contributed by atoms with Gasteiger partial charge in [0, 0.05) is 37.4 Å². The van der Waals surface area contributed by atoms with E-state index >= 15 is 0 Å². The molecule has 1 aromatic rings. The fourth-order valence-corrected chi connectivity index (χ4v) is 2.67. The summed E-state index contributed by atoms with van der Waals surface area (Å²) in [6, 6.07) is 5.57. The maximum absolute atomic E-state index is 12.6. The SMILES string of the molecule is Cc1c(N)cccc1C(=O)N1CCN(CCC(C)C)CC1. The molecular weight excluding hydrogens is 262 g/mol. The zero-order valence-electron chi connectivity index (χ0n) is 13.4. The normalized spacial score (nSPS) is 16.5. The lowest BCUT2D eigenvalue weighted by Crippen LogP contribution is -2.49. The summed E-state index contributed by atoms with van der Waals surface area (Å²) in [6.07, 6.45) is 1.22. The molecule has 0 aliphatic carbocycles. The van der Waals surface area contributed by atoms with E-state index in [-0.39, 0.29) is 5.91 Å². The Bertz CT molecular complexity index is 491. The van der Waals surface area contributed by atoms with Gasteiger partial charge < -0.3 is 10.6 Å². The van der Waals surface area contributed by atoms with Gasteiger partial charge in [-0.25, -0.2) is 0 Å². The third kappa shape index (κ3) is 3.97. The molecule has 1 aliphatic rings. The number of hydrogen-bond donors (Lipinski definition) is 1. The fraction of sp³-hybridized carbons (Fsp3) is 0.588. The molecule has 116 valence electrons. The Morgan fingerprint density at radius 1 is 1.24 bits per heavy atom. The molecule has 1 saturated heterocycles. The van der Waals surface area contributed by atoms with E-state index in [2.05, 4.69) is 18.7 Å². The van der Waals surface area contributed by atoms with Gasteiger partial charge >= 0.3 is 0 Å². The van der Waals surface area contributed by atoms with Crippen LogP contribution in [0.2, 0.25) is 0 Å². The minimum absolute atomic E-state index is 0.114. The van der Waals surface area contributed by atoms with Crippen molar-refractivity contribution in [1.82, 2.24) is 9.80 Å². The summed E-state index contributed by atoms with van der Waals surface area (Å²) >= 11 is 0. The molecule has 0 unspecified atom stereocenters. The zero-order valence-corrected chi connectivity index (χ0v) is 13.4. The summed E-state index contributed by atoms with van der Waals surface area (Å²) in [5, 5.41) is 0. The van der Waals surface area contributed by atoms with Crippen LogP contribution >= 0.6 is 0 Å². The topological polar surface area (TPSA) is 49.6 Å². The maximum atomic E-state index is 12.6. The highest BCUT2D eigenvalue weighted by Gasteiger charge is 2.23. The standard InChI is InChI=1S/C17H27N3O/c1-13(2)7-8-19-9-11-20(12-10-19)17(21)15-5-4-6-16(18)14(15)3/h4-6,13H,7-12,18H2,1-3H3. The highest BCUT2D eigenvalue weighted by molar-refractivity contribution is 5.97. The predicted octanol–water partition coefficient (Wildman–Crippen LogP) is 2.38. The van der Waals surface area contributed by atoms with Gasteiger partial charge in [-0.1, -0.05) is 19.9 Å². The third-order valence-corrected chi connectivity index (χ3v) is 4.29. The molecule has 1 heterocycles. The van der Waals surface area contributed by atoms with Crippen LogP contribution in [0.15, 0.2) is 18.2 Å². The number of nitrogens with zero attached hydrogens (tertiary/aromatic N) is 2. The molecule has 0 spiro atoms. The van der Waals surface area contributed by atoms with E-state index < -0.39 is 0 Å². The average molecular weight is 289 g/mol. The van der Waals surface area contributed by atoms with E-state index in [0.29, 0.717) is 5.69 Å². The number of carbonyl (C=O) groups excluding carboxylic acids is 1. The van der Waals surface area contributed by atoms with Crippen molar-refractivity contribution in [3.63, 3.8) is 0 Å². The van der Waals surface area contributed by atoms with Crippen molar-refractivity contribution in [3.8, 4) is 0 Å². The van der Waals surface area contributed by atoms with Crippen LogP contribution in [-0.2, 0) is 0 Å². The number of amides is 1. The first-order valence-corrected chi connectivity index (χ1v) is 7.85. The minimum Gasteiger partial charge on any atom is -0.398 e. The van der Waals surface area contributed by atoms with E-state index in [4.69, 9.17) is 5.73 Å². The monoisotopic (exact) mass is 289 g/mol. The lowest BCUT2D eigenvalue weighted by molar-refractivity contribution is 0.0631. The first-order valence-electron chi connectivity index (χ1n) is 7.85. The highest BCUT2D eigenvalue weighted by atomic mass is 16.2. The van der Waals surface area contributed by atoms with Crippen molar-refractivity contribution in [1.29, 1.82) is 0 Å².